The molecule has 0 bridgehead atoms. The fourth-order valence-corrected chi connectivity index (χ4v) is 3.81. The highest BCUT2D eigenvalue weighted by molar-refractivity contribution is 8.26. The lowest BCUT2D eigenvalue weighted by Crippen LogP contribution is -2.17. The van der Waals surface area contributed by atoms with E-state index in [-0.39, 0.29) is 11.3 Å². The van der Waals surface area contributed by atoms with Crippen molar-refractivity contribution in [3.63, 3.8) is 0 Å². The van der Waals surface area contributed by atoms with Gasteiger partial charge < -0.3 is 14.8 Å². The third-order valence-electron chi connectivity index (χ3n) is 4.38. The molecule has 0 unspecified atom stereocenters. The Morgan fingerprint density at radius 2 is 1.72 bits per heavy atom. The van der Waals surface area contributed by atoms with Crippen molar-refractivity contribution in [1.29, 1.82) is 0 Å². The highest BCUT2D eigenvalue weighted by Crippen LogP contribution is 2.29. The minimum atomic E-state index is -0.166. The Balaban J connectivity index is 1.49. The first-order valence-electron chi connectivity index (χ1n) is 9.53. The second-order valence-corrected chi connectivity index (χ2v) is 9.43. The van der Waals surface area contributed by atoms with Crippen LogP contribution in [-0.2, 0) is 10.2 Å². The normalized spacial score (nSPS) is 15.5. The van der Waals surface area contributed by atoms with Crippen LogP contribution in [0.25, 0.3) is 6.08 Å². The third kappa shape index (κ3) is 6.08. The molecule has 0 aliphatic carbocycles. The second kappa shape index (κ2) is 9.46. The molecule has 1 saturated heterocycles. The van der Waals surface area contributed by atoms with Crippen LogP contribution in [0.2, 0.25) is 0 Å². The van der Waals surface area contributed by atoms with Crippen LogP contribution in [0.15, 0.2) is 53.4 Å². The molecule has 152 valence electrons. The summed E-state index contributed by atoms with van der Waals surface area (Å²) in [6.45, 7) is 7.68. The van der Waals surface area contributed by atoms with E-state index in [1.54, 1.807) is 0 Å². The second-order valence-electron chi connectivity index (χ2n) is 7.71. The minimum Gasteiger partial charge on any atom is -0.493 e. The Morgan fingerprint density at radius 3 is 2.38 bits per heavy atom. The van der Waals surface area contributed by atoms with Crippen molar-refractivity contribution in [3.8, 4) is 11.5 Å². The van der Waals surface area contributed by atoms with Crippen molar-refractivity contribution < 1.29 is 14.3 Å². The van der Waals surface area contributed by atoms with Gasteiger partial charge in [0.15, 0.2) is 0 Å². The lowest BCUT2D eigenvalue weighted by molar-refractivity contribution is -0.115. The SMILES string of the molecule is CC(C)(C)c1ccc(OCCCOc2ccccc2/C=C2/SC(=S)NC2=O)cc1. The molecule has 29 heavy (non-hydrogen) atoms. The van der Waals surface area contributed by atoms with E-state index in [1.165, 1.54) is 17.3 Å². The zero-order valence-corrected chi connectivity index (χ0v) is 18.5. The number of nitrogens with one attached hydrogen (secondary N) is 1. The maximum absolute atomic E-state index is 11.9. The molecule has 1 fully saturated rings. The Hall–Kier alpha value is -2.31. The molecule has 0 radical (unpaired) electrons. The van der Waals surface area contributed by atoms with Gasteiger partial charge in [0, 0.05) is 12.0 Å². The molecule has 1 heterocycles. The number of rotatable bonds is 7. The van der Waals surface area contributed by atoms with Gasteiger partial charge in [-0.25, -0.2) is 0 Å². The Labute approximate surface area is 181 Å². The van der Waals surface area contributed by atoms with Crippen LogP contribution in [-0.4, -0.2) is 23.4 Å². The molecule has 3 rings (SSSR count). The summed E-state index contributed by atoms with van der Waals surface area (Å²) in [7, 11) is 0. The summed E-state index contributed by atoms with van der Waals surface area (Å²) in [4.78, 5) is 12.4. The van der Waals surface area contributed by atoms with Crippen molar-refractivity contribution in [3.05, 3.63) is 64.6 Å². The Kier molecular flexibility index (Phi) is 6.98. The fourth-order valence-electron chi connectivity index (χ4n) is 2.78. The van der Waals surface area contributed by atoms with Gasteiger partial charge in [0.1, 0.15) is 15.8 Å². The van der Waals surface area contributed by atoms with Gasteiger partial charge in [-0.2, -0.15) is 0 Å². The summed E-state index contributed by atoms with van der Waals surface area (Å²) in [6.07, 6.45) is 2.56. The van der Waals surface area contributed by atoms with Gasteiger partial charge in [0.2, 0.25) is 0 Å². The Morgan fingerprint density at radius 1 is 1.03 bits per heavy atom. The molecule has 0 spiro atoms. The smallest absolute Gasteiger partial charge is 0.263 e. The molecule has 4 nitrogen and oxygen atoms in total. The minimum absolute atomic E-state index is 0.137. The predicted molar refractivity (Wildman–Crippen MR) is 123 cm³/mol. The van der Waals surface area contributed by atoms with Crippen LogP contribution >= 0.6 is 24.0 Å². The number of carbonyl (C=O) groups is 1. The molecular weight excluding hydrogens is 402 g/mol. The van der Waals surface area contributed by atoms with Crippen LogP contribution in [0.1, 0.15) is 38.3 Å². The maximum Gasteiger partial charge on any atom is 0.263 e. The van der Waals surface area contributed by atoms with Crippen molar-refractivity contribution in [2.45, 2.75) is 32.6 Å². The average molecular weight is 428 g/mol. The Bertz CT molecular complexity index is 914. The molecule has 0 saturated carbocycles. The van der Waals surface area contributed by atoms with Gasteiger partial charge >= 0.3 is 0 Å². The molecule has 2 aromatic carbocycles. The number of hydrogen-bond acceptors (Lipinski definition) is 5. The molecule has 6 heteroatoms. The monoisotopic (exact) mass is 427 g/mol. The average Bonchev–Trinajstić information content (AvgIpc) is 2.99. The van der Waals surface area contributed by atoms with Crippen LogP contribution in [0.5, 0.6) is 11.5 Å². The van der Waals surface area contributed by atoms with E-state index in [2.05, 4.69) is 38.2 Å². The molecule has 1 aliphatic heterocycles. The van der Waals surface area contributed by atoms with E-state index in [0.717, 1.165) is 23.5 Å². The highest BCUT2D eigenvalue weighted by atomic mass is 32.2. The molecule has 0 aromatic heterocycles. The number of thioether (sulfide) groups is 1. The summed E-state index contributed by atoms with van der Waals surface area (Å²) < 4.78 is 12.2. The molecule has 1 aliphatic rings. The largest absolute Gasteiger partial charge is 0.493 e. The van der Waals surface area contributed by atoms with Crippen LogP contribution < -0.4 is 14.8 Å². The van der Waals surface area contributed by atoms with E-state index >= 15 is 0 Å². The van der Waals surface area contributed by atoms with Crippen LogP contribution in [0.3, 0.4) is 0 Å². The van der Waals surface area contributed by atoms with E-state index < -0.39 is 0 Å². The van der Waals surface area contributed by atoms with Gasteiger partial charge in [0.05, 0.1) is 18.1 Å². The lowest BCUT2D eigenvalue weighted by Gasteiger charge is -2.19. The number of ether oxygens (including phenoxy) is 2. The predicted octanol–water partition coefficient (Wildman–Crippen LogP) is 5.32. The topological polar surface area (TPSA) is 47.6 Å². The van der Waals surface area contributed by atoms with Gasteiger partial charge in [-0.05, 0) is 35.3 Å². The maximum atomic E-state index is 11.9. The van der Waals surface area contributed by atoms with Crippen molar-refractivity contribution in [2.75, 3.05) is 13.2 Å². The van der Waals surface area contributed by atoms with E-state index in [1.807, 2.05) is 42.5 Å². The molecule has 0 atom stereocenters. The summed E-state index contributed by atoms with van der Waals surface area (Å²) >= 11 is 6.30. The number of para-hydroxylation sites is 1. The van der Waals surface area contributed by atoms with Crippen molar-refractivity contribution >= 4 is 40.3 Å². The number of benzene rings is 2. The zero-order chi connectivity index (χ0) is 20.9. The van der Waals surface area contributed by atoms with E-state index in [9.17, 15) is 4.79 Å². The zero-order valence-electron chi connectivity index (χ0n) is 16.9. The molecule has 1 amide bonds. The number of amides is 1. The standard InChI is InChI=1S/C23H25NO3S2/c1-23(2,3)17-9-11-18(12-10-17)26-13-6-14-27-19-8-5-4-7-16(19)15-20-21(25)24-22(28)29-20/h4-5,7-12,15H,6,13-14H2,1-3H3,(H,24,25,28)/b20-15+. The van der Waals surface area contributed by atoms with Crippen LogP contribution in [0, 0.1) is 0 Å². The fraction of sp³-hybridized carbons (Fsp3) is 0.304. The van der Waals surface area contributed by atoms with Crippen molar-refractivity contribution in [1.82, 2.24) is 5.32 Å². The van der Waals surface area contributed by atoms with Crippen molar-refractivity contribution in [2.24, 2.45) is 0 Å². The van der Waals surface area contributed by atoms with Gasteiger partial charge in [-0.3, -0.25) is 4.79 Å². The van der Waals surface area contributed by atoms with E-state index in [4.69, 9.17) is 21.7 Å². The number of carbonyl (C=O) groups excluding carboxylic acids is 1. The quantitative estimate of drug-likeness (QED) is 0.368. The number of hydrogen-bond donors (Lipinski definition) is 1. The first kappa shape index (κ1) is 21.4. The highest BCUT2D eigenvalue weighted by Gasteiger charge is 2.22. The first-order chi connectivity index (χ1) is 13.8. The molecular formula is C23H25NO3S2. The molecule has 1 N–H and O–H groups in total. The lowest BCUT2D eigenvalue weighted by atomic mass is 9.87. The van der Waals surface area contributed by atoms with Crippen LogP contribution in [0.4, 0.5) is 0 Å². The van der Waals surface area contributed by atoms with Gasteiger partial charge in [0.25, 0.3) is 5.91 Å². The summed E-state index contributed by atoms with van der Waals surface area (Å²) in [5, 5.41) is 2.62. The van der Waals surface area contributed by atoms with E-state index in [0.29, 0.717) is 22.4 Å². The third-order valence-corrected chi connectivity index (χ3v) is 5.55. The molecule has 2 aromatic rings. The summed E-state index contributed by atoms with van der Waals surface area (Å²) in [6, 6.07) is 15.9. The first-order valence-corrected chi connectivity index (χ1v) is 10.8. The number of thiocarbonyl (C=S) groups is 1. The summed E-state index contributed by atoms with van der Waals surface area (Å²) in [5.74, 6) is 1.44. The van der Waals surface area contributed by atoms with Gasteiger partial charge in [-0.15, -0.1) is 0 Å². The van der Waals surface area contributed by atoms with Gasteiger partial charge in [-0.1, -0.05) is 75.1 Å². The summed E-state index contributed by atoms with van der Waals surface area (Å²) in [5.41, 5.74) is 2.28.